The van der Waals surface area contributed by atoms with Gasteiger partial charge >= 0.3 is 5.97 Å². The quantitative estimate of drug-likeness (QED) is 0.633. The minimum Gasteiger partial charge on any atom is -0.464 e. The van der Waals surface area contributed by atoms with Crippen molar-refractivity contribution in [3.05, 3.63) is 27.7 Å². The van der Waals surface area contributed by atoms with Crippen molar-refractivity contribution in [3.63, 3.8) is 0 Å². The van der Waals surface area contributed by atoms with E-state index in [1.54, 1.807) is 0 Å². The molecule has 0 radical (unpaired) electrons. The van der Waals surface area contributed by atoms with Gasteiger partial charge in [0.2, 0.25) is 0 Å². The van der Waals surface area contributed by atoms with Gasteiger partial charge in [0.1, 0.15) is 4.60 Å². The summed E-state index contributed by atoms with van der Waals surface area (Å²) in [6.07, 6.45) is 0.571. The van der Waals surface area contributed by atoms with E-state index < -0.39 is 11.8 Å². The molecule has 0 atom stereocenters. The van der Waals surface area contributed by atoms with E-state index in [4.69, 9.17) is 4.74 Å². The molecular weight excluding hydrogens is 293 g/mol. The summed E-state index contributed by atoms with van der Waals surface area (Å²) in [5.41, 5.74) is 0.721. The van der Waals surface area contributed by atoms with Crippen LogP contribution in [0.25, 0.3) is 0 Å². The van der Waals surface area contributed by atoms with Crippen molar-refractivity contribution < 1.29 is 18.7 Å². The first-order valence-corrected chi connectivity index (χ1v) is 5.92. The van der Waals surface area contributed by atoms with Crippen molar-refractivity contribution in [2.75, 3.05) is 20.3 Å². The summed E-state index contributed by atoms with van der Waals surface area (Å²) < 4.78 is 23.1. The summed E-state index contributed by atoms with van der Waals surface area (Å²) in [4.78, 5) is 15.4. The first-order chi connectivity index (χ1) is 8.11. The topological polar surface area (TPSA) is 48.4 Å². The van der Waals surface area contributed by atoms with Crippen LogP contribution >= 0.6 is 15.9 Å². The lowest BCUT2D eigenvalue weighted by molar-refractivity contribution is -0.0314. The second-order valence-electron chi connectivity index (χ2n) is 3.87. The van der Waals surface area contributed by atoms with E-state index in [1.165, 1.54) is 13.2 Å². The highest BCUT2D eigenvalue weighted by Crippen LogP contribution is 2.23. The SMILES string of the molecule is COC(=O)c1nc(Br)c(F)cc1CC1COC1. The molecule has 1 fully saturated rings. The van der Waals surface area contributed by atoms with E-state index >= 15 is 0 Å². The Bertz CT molecular complexity index is 449. The Kier molecular flexibility index (Phi) is 3.73. The zero-order valence-corrected chi connectivity index (χ0v) is 10.8. The van der Waals surface area contributed by atoms with Gasteiger partial charge in [0.25, 0.3) is 0 Å². The van der Waals surface area contributed by atoms with Gasteiger partial charge in [-0.1, -0.05) is 0 Å². The van der Waals surface area contributed by atoms with E-state index in [0.717, 1.165) is 0 Å². The molecule has 6 heteroatoms. The molecule has 17 heavy (non-hydrogen) atoms. The van der Waals surface area contributed by atoms with Gasteiger partial charge in [-0.25, -0.2) is 14.2 Å². The number of rotatable bonds is 3. The number of halogens is 2. The third-order valence-corrected chi connectivity index (χ3v) is 3.16. The fourth-order valence-corrected chi connectivity index (χ4v) is 1.94. The zero-order chi connectivity index (χ0) is 12.4. The molecule has 1 aromatic heterocycles. The van der Waals surface area contributed by atoms with Gasteiger partial charge in [0, 0.05) is 5.92 Å². The van der Waals surface area contributed by atoms with E-state index in [9.17, 15) is 9.18 Å². The van der Waals surface area contributed by atoms with Crippen LogP contribution in [0.5, 0.6) is 0 Å². The summed E-state index contributed by atoms with van der Waals surface area (Å²) in [7, 11) is 1.28. The molecule has 1 aliphatic rings. The first-order valence-electron chi connectivity index (χ1n) is 5.12. The Morgan fingerprint density at radius 1 is 1.71 bits per heavy atom. The van der Waals surface area contributed by atoms with Crippen molar-refractivity contribution in [1.82, 2.24) is 4.98 Å². The molecule has 0 unspecified atom stereocenters. The monoisotopic (exact) mass is 303 g/mol. The fraction of sp³-hybridized carbons (Fsp3) is 0.455. The number of hydrogen-bond donors (Lipinski definition) is 0. The molecule has 1 aliphatic heterocycles. The number of carbonyl (C=O) groups is 1. The van der Waals surface area contributed by atoms with Gasteiger partial charge < -0.3 is 9.47 Å². The van der Waals surface area contributed by atoms with Crippen LogP contribution in [-0.4, -0.2) is 31.3 Å². The largest absolute Gasteiger partial charge is 0.464 e. The molecule has 0 amide bonds. The van der Waals surface area contributed by atoms with Gasteiger partial charge in [-0.05, 0) is 34.0 Å². The third-order valence-electron chi connectivity index (χ3n) is 2.61. The van der Waals surface area contributed by atoms with Crippen LogP contribution in [0.4, 0.5) is 4.39 Å². The van der Waals surface area contributed by atoms with Gasteiger partial charge in [-0.2, -0.15) is 0 Å². The van der Waals surface area contributed by atoms with Crippen LogP contribution < -0.4 is 0 Å². The van der Waals surface area contributed by atoms with Crippen molar-refractivity contribution in [2.24, 2.45) is 5.92 Å². The zero-order valence-electron chi connectivity index (χ0n) is 9.20. The Morgan fingerprint density at radius 2 is 2.41 bits per heavy atom. The van der Waals surface area contributed by atoms with E-state index in [0.29, 0.717) is 31.1 Å². The highest BCUT2D eigenvalue weighted by atomic mass is 79.9. The number of hydrogen-bond acceptors (Lipinski definition) is 4. The molecule has 0 N–H and O–H groups in total. The molecule has 0 bridgehead atoms. The van der Waals surface area contributed by atoms with Gasteiger partial charge in [-0.15, -0.1) is 0 Å². The summed E-state index contributed by atoms with van der Waals surface area (Å²) >= 11 is 2.96. The normalized spacial score (nSPS) is 15.5. The molecular formula is C11H11BrFNO3. The minimum absolute atomic E-state index is 0.0199. The molecule has 1 saturated heterocycles. The number of nitrogens with zero attached hydrogens (tertiary/aromatic N) is 1. The van der Waals surface area contributed by atoms with E-state index in [1.807, 2.05) is 0 Å². The van der Waals surface area contributed by atoms with Crippen molar-refractivity contribution in [2.45, 2.75) is 6.42 Å². The van der Waals surface area contributed by atoms with Crippen molar-refractivity contribution >= 4 is 21.9 Å². The fourth-order valence-electron chi connectivity index (χ4n) is 1.65. The molecule has 1 aromatic rings. The van der Waals surface area contributed by atoms with Gasteiger partial charge in [0.05, 0.1) is 20.3 Å². The lowest BCUT2D eigenvalue weighted by Gasteiger charge is -2.26. The van der Waals surface area contributed by atoms with Crippen molar-refractivity contribution in [3.8, 4) is 0 Å². The molecule has 0 aliphatic carbocycles. The first kappa shape index (κ1) is 12.4. The van der Waals surface area contributed by atoms with Crippen LogP contribution in [0.1, 0.15) is 16.1 Å². The predicted molar refractivity (Wildman–Crippen MR) is 61.2 cm³/mol. The summed E-state index contributed by atoms with van der Waals surface area (Å²) in [5.74, 6) is -0.713. The van der Waals surface area contributed by atoms with E-state index in [-0.39, 0.29) is 10.3 Å². The average molecular weight is 304 g/mol. The van der Waals surface area contributed by atoms with Gasteiger partial charge in [0.15, 0.2) is 11.5 Å². The Hall–Kier alpha value is -1.01. The predicted octanol–water partition coefficient (Wildman–Crippen LogP) is 1.96. The smallest absolute Gasteiger partial charge is 0.356 e. The molecule has 0 aromatic carbocycles. The summed E-state index contributed by atoms with van der Waals surface area (Å²) in [6.45, 7) is 1.27. The van der Waals surface area contributed by atoms with Crippen molar-refractivity contribution in [1.29, 1.82) is 0 Å². The molecule has 2 rings (SSSR count). The molecule has 0 spiro atoms. The lowest BCUT2D eigenvalue weighted by Crippen LogP contribution is -2.30. The average Bonchev–Trinajstić information content (AvgIpc) is 2.26. The van der Waals surface area contributed by atoms with Crippen LogP contribution in [0.3, 0.4) is 0 Å². The number of pyridine rings is 1. The highest BCUT2D eigenvalue weighted by molar-refractivity contribution is 9.10. The number of methoxy groups -OCH3 is 1. The summed E-state index contributed by atoms with van der Waals surface area (Å²) in [5, 5.41) is 0. The second kappa shape index (κ2) is 5.10. The third kappa shape index (κ3) is 2.63. The molecule has 4 nitrogen and oxygen atoms in total. The molecule has 2 heterocycles. The Balaban J connectivity index is 2.32. The van der Waals surface area contributed by atoms with Crippen LogP contribution in [0.2, 0.25) is 0 Å². The maximum absolute atomic E-state index is 13.4. The maximum Gasteiger partial charge on any atom is 0.356 e. The van der Waals surface area contributed by atoms with Crippen LogP contribution in [0, 0.1) is 11.7 Å². The number of aromatic nitrogens is 1. The van der Waals surface area contributed by atoms with Gasteiger partial charge in [-0.3, -0.25) is 0 Å². The van der Waals surface area contributed by atoms with E-state index in [2.05, 4.69) is 25.7 Å². The number of ether oxygens (including phenoxy) is 2. The van der Waals surface area contributed by atoms with Crippen LogP contribution in [0.15, 0.2) is 10.7 Å². The number of carbonyl (C=O) groups excluding carboxylic acids is 1. The summed E-state index contributed by atoms with van der Waals surface area (Å²) in [6, 6.07) is 1.32. The molecule has 92 valence electrons. The molecule has 0 saturated carbocycles. The second-order valence-corrected chi connectivity index (χ2v) is 4.62. The number of esters is 1. The Morgan fingerprint density at radius 3 is 2.94 bits per heavy atom. The highest BCUT2D eigenvalue weighted by Gasteiger charge is 2.24. The Labute approximate surface area is 106 Å². The standard InChI is InChI=1S/C11H11BrFNO3/c1-16-11(15)9-7(2-6-4-17-5-6)3-8(13)10(12)14-9/h3,6H,2,4-5H2,1H3. The lowest BCUT2D eigenvalue weighted by atomic mass is 9.97. The minimum atomic E-state index is -0.555. The maximum atomic E-state index is 13.4. The van der Waals surface area contributed by atoms with Crippen LogP contribution in [-0.2, 0) is 15.9 Å².